The maximum atomic E-state index is 13.3. The third kappa shape index (κ3) is 2.53. The zero-order valence-corrected chi connectivity index (χ0v) is 11.5. The summed E-state index contributed by atoms with van der Waals surface area (Å²) in [6.07, 6.45) is 7.02. The first-order valence-corrected chi connectivity index (χ1v) is 7.53. The Bertz CT molecular complexity index is 471. The molecule has 0 radical (unpaired) electrons. The zero-order chi connectivity index (χ0) is 14.2. The summed E-state index contributed by atoms with van der Waals surface area (Å²) in [5.41, 5.74) is -0.300. The Morgan fingerprint density at radius 3 is 2.45 bits per heavy atom. The zero-order valence-electron chi connectivity index (χ0n) is 11.5. The number of benzene rings is 1. The van der Waals surface area contributed by atoms with Crippen molar-refractivity contribution in [3.63, 3.8) is 0 Å². The summed E-state index contributed by atoms with van der Waals surface area (Å²) in [5, 5.41) is 14.2. The second-order valence-electron chi connectivity index (χ2n) is 6.22. The molecule has 0 amide bonds. The van der Waals surface area contributed by atoms with Gasteiger partial charge in [0.25, 0.3) is 0 Å². The van der Waals surface area contributed by atoms with Crippen molar-refractivity contribution in [1.29, 1.82) is 0 Å². The predicted octanol–water partition coefficient (Wildman–Crippen LogP) is 3.85. The summed E-state index contributed by atoms with van der Waals surface area (Å²) >= 11 is 0. The van der Waals surface area contributed by atoms with Gasteiger partial charge in [0, 0.05) is 11.8 Å². The van der Waals surface area contributed by atoms with Crippen LogP contribution in [0.1, 0.15) is 44.9 Å². The molecule has 2 nitrogen and oxygen atoms in total. The van der Waals surface area contributed by atoms with E-state index < -0.39 is 17.2 Å². The Kier molecular flexibility index (Phi) is 3.67. The van der Waals surface area contributed by atoms with E-state index >= 15 is 0 Å². The molecule has 2 aliphatic rings. The average molecular weight is 281 g/mol. The van der Waals surface area contributed by atoms with E-state index in [0.717, 1.165) is 44.6 Å². The highest BCUT2D eigenvalue weighted by Gasteiger charge is 2.47. The van der Waals surface area contributed by atoms with Gasteiger partial charge in [0.05, 0.1) is 11.6 Å². The van der Waals surface area contributed by atoms with Crippen LogP contribution in [0.4, 0.5) is 14.5 Å². The Balaban J connectivity index is 1.81. The second kappa shape index (κ2) is 5.32. The van der Waals surface area contributed by atoms with Gasteiger partial charge in [-0.1, -0.05) is 19.3 Å². The van der Waals surface area contributed by atoms with Crippen molar-refractivity contribution in [3.8, 4) is 0 Å². The van der Waals surface area contributed by atoms with E-state index in [0.29, 0.717) is 11.6 Å². The molecule has 0 aromatic heterocycles. The molecular formula is C16H21F2NO. The highest BCUT2D eigenvalue weighted by atomic mass is 19.1. The Hall–Kier alpha value is -1.16. The number of rotatable bonds is 2. The normalized spacial score (nSPS) is 33.5. The number of hydrogen-bond donors (Lipinski definition) is 2. The molecule has 0 spiro atoms. The van der Waals surface area contributed by atoms with Crippen molar-refractivity contribution in [2.75, 3.05) is 5.32 Å². The number of hydrogen-bond acceptors (Lipinski definition) is 2. The van der Waals surface area contributed by atoms with Crippen LogP contribution in [0.25, 0.3) is 0 Å². The molecule has 1 aromatic carbocycles. The summed E-state index contributed by atoms with van der Waals surface area (Å²) in [6, 6.07) is 3.34. The van der Waals surface area contributed by atoms with Crippen LogP contribution < -0.4 is 5.32 Å². The van der Waals surface area contributed by atoms with Crippen LogP contribution >= 0.6 is 0 Å². The lowest BCUT2D eigenvalue weighted by molar-refractivity contribution is -0.0835. The summed E-state index contributed by atoms with van der Waals surface area (Å²) in [4.78, 5) is 0. The molecule has 0 aliphatic heterocycles. The third-order valence-electron chi connectivity index (χ3n) is 4.94. The summed E-state index contributed by atoms with van der Waals surface area (Å²) < 4.78 is 26.5. The molecule has 1 aromatic rings. The molecule has 2 saturated carbocycles. The fourth-order valence-electron chi connectivity index (χ4n) is 3.96. The van der Waals surface area contributed by atoms with Gasteiger partial charge in [-0.15, -0.1) is 0 Å². The van der Waals surface area contributed by atoms with Crippen LogP contribution in [0.3, 0.4) is 0 Å². The topological polar surface area (TPSA) is 32.3 Å². The minimum Gasteiger partial charge on any atom is -0.387 e. The van der Waals surface area contributed by atoms with Crippen LogP contribution in [0.5, 0.6) is 0 Å². The highest BCUT2D eigenvalue weighted by Crippen LogP contribution is 2.44. The molecule has 1 unspecified atom stereocenters. The predicted molar refractivity (Wildman–Crippen MR) is 74.5 cm³/mol. The molecule has 4 heteroatoms. The van der Waals surface area contributed by atoms with Gasteiger partial charge in [-0.25, -0.2) is 8.78 Å². The van der Waals surface area contributed by atoms with Crippen molar-refractivity contribution < 1.29 is 13.9 Å². The average Bonchev–Trinajstić information content (AvgIpc) is 2.38. The van der Waals surface area contributed by atoms with Gasteiger partial charge < -0.3 is 10.4 Å². The summed E-state index contributed by atoms with van der Waals surface area (Å²) in [5.74, 6) is -0.855. The van der Waals surface area contributed by atoms with Gasteiger partial charge in [0.2, 0.25) is 0 Å². The maximum absolute atomic E-state index is 13.3. The van der Waals surface area contributed by atoms with Gasteiger partial charge in [0.1, 0.15) is 11.6 Å². The van der Waals surface area contributed by atoms with Gasteiger partial charge in [-0.05, 0) is 43.7 Å². The lowest BCUT2D eigenvalue weighted by atomic mass is 9.65. The molecule has 3 rings (SSSR count). The molecule has 20 heavy (non-hydrogen) atoms. The first kappa shape index (κ1) is 13.8. The SMILES string of the molecule is O[C@]12CCCC[C@@H]1CCCC2Nc1cc(F)cc(F)c1. The molecule has 110 valence electrons. The number of aliphatic hydroxyl groups is 1. The minimum absolute atomic E-state index is 0.109. The molecule has 2 fully saturated rings. The van der Waals surface area contributed by atoms with Crippen molar-refractivity contribution in [1.82, 2.24) is 0 Å². The van der Waals surface area contributed by atoms with Crippen LogP contribution in [0.2, 0.25) is 0 Å². The van der Waals surface area contributed by atoms with Gasteiger partial charge in [-0.3, -0.25) is 0 Å². The fraction of sp³-hybridized carbons (Fsp3) is 0.625. The Morgan fingerprint density at radius 1 is 1.00 bits per heavy atom. The summed E-state index contributed by atoms with van der Waals surface area (Å²) in [6.45, 7) is 0. The van der Waals surface area contributed by atoms with Gasteiger partial charge in [0.15, 0.2) is 0 Å². The largest absolute Gasteiger partial charge is 0.387 e. The van der Waals surface area contributed by atoms with E-state index in [4.69, 9.17) is 0 Å². The second-order valence-corrected chi connectivity index (χ2v) is 6.22. The number of fused-ring (bicyclic) bond motifs is 1. The molecular weight excluding hydrogens is 260 g/mol. The molecule has 0 bridgehead atoms. The van der Waals surface area contributed by atoms with Crippen molar-refractivity contribution >= 4 is 5.69 Å². The van der Waals surface area contributed by atoms with Crippen LogP contribution in [-0.4, -0.2) is 16.7 Å². The monoisotopic (exact) mass is 281 g/mol. The van der Waals surface area contributed by atoms with E-state index in [-0.39, 0.29) is 6.04 Å². The van der Waals surface area contributed by atoms with E-state index in [1.165, 1.54) is 18.6 Å². The first-order valence-electron chi connectivity index (χ1n) is 7.53. The van der Waals surface area contributed by atoms with Crippen molar-refractivity contribution in [3.05, 3.63) is 29.8 Å². The smallest absolute Gasteiger partial charge is 0.128 e. The van der Waals surface area contributed by atoms with Crippen LogP contribution in [-0.2, 0) is 0 Å². The maximum Gasteiger partial charge on any atom is 0.128 e. The van der Waals surface area contributed by atoms with Gasteiger partial charge in [-0.2, -0.15) is 0 Å². The van der Waals surface area contributed by atoms with Crippen molar-refractivity contribution in [2.45, 2.75) is 56.6 Å². The fourth-order valence-corrected chi connectivity index (χ4v) is 3.96. The van der Waals surface area contributed by atoms with E-state index in [1.54, 1.807) is 0 Å². The number of nitrogens with one attached hydrogen (secondary N) is 1. The molecule has 0 saturated heterocycles. The lowest BCUT2D eigenvalue weighted by Crippen LogP contribution is -2.56. The molecule has 2 N–H and O–H groups in total. The van der Waals surface area contributed by atoms with E-state index in [2.05, 4.69) is 5.32 Å². The number of anilines is 1. The Labute approximate surface area is 118 Å². The van der Waals surface area contributed by atoms with E-state index in [9.17, 15) is 13.9 Å². The third-order valence-corrected chi connectivity index (χ3v) is 4.94. The van der Waals surface area contributed by atoms with Crippen LogP contribution in [0, 0.1) is 17.6 Å². The standard InChI is InChI=1S/C16H21F2NO/c17-12-8-13(18)10-14(9-12)19-15-6-3-5-11-4-1-2-7-16(11,15)20/h8-11,15,19-20H,1-7H2/t11-,15?,16-/m1/s1. The molecule has 2 aliphatic carbocycles. The van der Waals surface area contributed by atoms with Crippen LogP contribution in [0.15, 0.2) is 18.2 Å². The number of halogens is 2. The molecule has 0 heterocycles. The lowest BCUT2D eigenvalue weighted by Gasteiger charge is -2.49. The van der Waals surface area contributed by atoms with E-state index in [1.807, 2.05) is 0 Å². The quantitative estimate of drug-likeness (QED) is 0.863. The van der Waals surface area contributed by atoms with Gasteiger partial charge >= 0.3 is 0 Å². The Morgan fingerprint density at radius 2 is 1.70 bits per heavy atom. The highest BCUT2D eigenvalue weighted by molar-refractivity contribution is 5.45. The first-order chi connectivity index (χ1) is 9.58. The molecule has 3 atom stereocenters. The van der Waals surface area contributed by atoms with Crippen molar-refractivity contribution in [2.24, 2.45) is 5.92 Å². The summed E-state index contributed by atoms with van der Waals surface area (Å²) in [7, 11) is 0. The minimum atomic E-state index is -0.723.